The molecule has 0 spiro atoms. The van der Waals surface area contributed by atoms with Gasteiger partial charge in [-0.05, 0) is 46.0 Å². The van der Waals surface area contributed by atoms with Crippen LogP contribution < -0.4 is 14.2 Å². The molecule has 8 heteroatoms. The number of fused-ring (bicyclic) bond motifs is 1. The number of ether oxygens (including phenoxy) is 2. The molecule has 1 heterocycles. The monoisotopic (exact) mass is 482 g/mol. The molecule has 29 heavy (non-hydrogen) atoms. The van der Waals surface area contributed by atoms with Crippen molar-refractivity contribution in [2.24, 2.45) is 0 Å². The van der Waals surface area contributed by atoms with E-state index in [1.165, 1.54) is 31.4 Å². The average Bonchev–Trinajstić information content (AvgIpc) is 2.73. The van der Waals surface area contributed by atoms with Crippen molar-refractivity contribution >= 4 is 26.0 Å². The van der Waals surface area contributed by atoms with Gasteiger partial charge in [0.05, 0.1) is 14.2 Å². The molecule has 2 aromatic rings. The van der Waals surface area contributed by atoms with E-state index in [0.29, 0.717) is 22.5 Å². The Morgan fingerprint density at radius 1 is 1.14 bits per heavy atom. The van der Waals surface area contributed by atoms with Crippen LogP contribution in [0.4, 0.5) is 0 Å². The van der Waals surface area contributed by atoms with Gasteiger partial charge in [0, 0.05) is 36.2 Å². The van der Waals surface area contributed by atoms with Crippen LogP contribution >= 0.6 is 15.9 Å². The van der Waals surface area contributed by atoms with Gasteiger partial charge in [-0.3, -0.25) is 4.90 Å². The standard InChI is InChI=1S/C21H27BrN2O4S/c1-4-17(24-10-9-15-7-5-6-8-16(15)14-24)13-23-29(25,26)21-12-20(28-3)19(27-2)11-18(21)22/h5-8,11-12,17,23H,4,9-10,13-14H2,1-3H3. The first-order chi connectivity index (χ1) is 13.9. The number of methoxy groups -OCH3 is 2. The van der Waals surface area contributed by atoms with Crippen LogP contribution in [0.25, 0.3) is 0 Å². The molecule has 1 aliphatic heterocycles. The molecular formula is C21H27BrN2O4S. The van der Waals surface area contributed by atoms with Crippen LogP contribution in [0, 0.1) is 0 Å². The lowest BCUT2D eigenvalue weighted by atomic mass is 9.98. The molecule has 3 rings (SSSR count). The Labute approximate surface area is 181 Å². The number of rotatable bonds is 8. The quantitative estimate of drug-likeness (QED) is 0.622. The van der Waals surface area contributed by atoms with E-state index in [1.807, 2.05) is 0 Å². The second-order valence-electron chi connectivity index (χ2n) is 7.04. The predicted octanol–water partition coefficient (Wildman–Crippen LogP) is 3.58. The van der Waals surface area contributed by atoms with Gasteiger partial charge >= 0.3 is 0 Å². The summed E-state index contributed by atoms with van der Waals surface area (Å²) in [5.41, 5.74) is 2.70. The van der Waals surface area contributed by atoms with Gasteiger partial charge < -0.3 is 9.47 Å². The van der Waals surface area contributed by atoms with E-state index in [-0.39, 0.29) is 10.9 Å². The summed E-state index contributed by atoms with van der Waals surface area (Å²) in [4.78, 5) is 2.49. The predicted molar refractivity (Wildman–Crippen MR) is 117 cm³/mol. The van der Waals surface area contributed by atoms with Gasteiger partial charge in [-0.15, -0.1) is 0 Å². The smallest absolute Gasteiger partial charge is 0.241 e. The molecule has 2 aromatic carbocycles. The van der Waals surface area contributed by atoms with Crippen molar-refractivity contribution in [3.63, 3.8) is 0 Å². The Morgan fingerprint density at radius 3 is 2.45 bits per heavy atom. The number of halogens is 1. The van der Waals surface area contributed by atoms with E-state index >= 15 is 0 Å². The van der Waals surface area contributed by atoms with Crippen LogP contribution in [0.15, 0.2) is 45.8 Å². The van der Waals surface area contributed by atoms with Gasteiger partial charge in [0.25, 0.3) is 0 Å². The molecule has 0 bridgehead atoms. The second-order valence-corrected chi connectivity index (χ2v) is 9.63. The third-order valence-corrected chi connectivity index (χ3v) is 7.77. The molecular weight excluding hydrogens is 456 g/mol. The van der Waals surface area contributed by atoms with Gasteiger partial charge in [0.2, 0.25) is 10.0 Å². The van der Waals surface area contributed by atoms with Gasteiger partial charge in [-0.2, -0.15) is 0 Å². The number of benzene rings is 2. The van der Waals surface area contributed by atoms with Gasteiger partial charge in [-0.1, -0.05) is 31.2 Å². The Morgan fingerprint density at radius 2 is 1.79 bits per heavy atom. The largest absolute Gasteiger partial charge is 0.493 e. The van der Waals surface area contributed by atoms with E-state index in [2.05, 4.69) is 56.7 Å². The van der Waals surface area contributed by atoms with E-state index < -0.39 is 10.0 Å². The second kappa shape index (κ2) is 9.47. The highest BCUT2D eigenvalue weighted by Crippen LogP contribution is 2.35. The summed E-state index contributed by atoms with van der Waals surface area (Å²) in [5.74, 6) is 0.840. The minimum atomic E-state index is -3.71. The Bertz CT molecular complexity index is 965. The molecule has 0 aromatic heterocycles. The first kappa shape index (κ1) is 22.1. The maximum Gasteiger partial charge on any atom is 0.241 e. The Balaban J connectivity index is 1.74. The highest BCUT2D eigenvalue weighted by Gasteiger charge is 2.26. The van der Waals surface area contributed by atoms with Crippen molar-refractivity contribution in [2.75, 3.05) is 27.3 Å². The number of nitrogens with zero attached hydrogens (tertiary/aromatic N) is 1. The number of sulfonamides is 1. The maximum absolute atomic E-state index is 13.0. The van der Waals surface area contributed by atoms with Crippen LogP contribution in [-0.4, -0.2) is 46.7 Å². The Kier molecular flexibility index (Phi) is 7.21. The van der Waals surface area contributed by atoms with Crippen molar-refractivity contribution in [3.05, 3.63) is 52.0 Å². The van der Waals surface area contributed by atoms with Crippen molar-refractivity contribution in [2.45, 2.75) is 37.2 Å². The zero-order chi connectivity index (χ0) is 21.0. The number of hydrogen-bond donors (Lipinski definition) is 1. The summed E-state index contributed by atoms with van der Waals surface area (Å²) in [6.45, 7) is 4.21. The molecule has 0 saturated heterocycles. The minimum absolute atomic E-state index is 0.122. The summed E-state index contributed by atoms with van der Waals surface area (Å²) in [7, 11) is -0.716. The molecule has 1 atom stereocenters. The molecule has 1 unspecified atom stereocenters. The van der Waals surface area contributed by atoms with E-state index in [4.69, 9.17) is 9.47 Å². The lowest BCUT2D eigenvalue weighted by molar-refractivity contribution is 0.175. The van der Waals surface area contributed by atoms with Gasteiger partial charge in [0.1, 0.15) is 4.90 Å². The highest BCUT2D eigenvalue weighted by molar-refractivity contribution is 9.10. The molecule has 0 aliphatic carbocycles. The van der Waals surface area contributed by atoms with Gasteiger partial charge in [-0.25, -0.2) is 13.1 Å². The fourth-order valence-electron chi connectivity index (χ4n) is 3.69. The SMILES string of the molecule is CCC(CNS(=O)(=O)c1cc(OC)c(OC)cc1Br)N1CCc2ccccc2C1. The number of hydrogen-bond acceptors (Lipinski definition) is 5. The summed E-state index contributed by atoms with van der Waals surface area (Å²) in [6, 6.07) is 11.7. The van der Waals surface area contributed by atoms with Crippen molar-refractivity contribution in [1.29, 1.82) is 0 Å². The first-order valence-electron chi connectivity index (χ1n) is 9.61. The summed E-state index contributed by atoms with van der Waals surface area (Å²) in [6.07, 6.45) is 1.85. The molecule has 1 N–H and O–H groups in total. The molecule has 0 saturated carbocycles. The third-order valence-electron chi connectivity index (χ3n) is 5.38. The number of nitrogens with one attached hydrogen (secondary N) is 1. The van der Waals surface area contributed by atoms with E-state index in [0.717, 1.165) is 25.9 Å². The summed E-state index contributed by atoms with van der Waals surface area (Å²) in [5, 5.41) is 0. The zero-order valence-corrected chi connectivity index (χ0v) is 19.3. The average molecular weight is 483 g/mol. The lowest BCUT2D eigenvalue weighted by Crippen LogP contribution is -2.45. The Hall–Kier alpha value is -1.61. The maximum atomic E-state index is 13.0. The van der Waals surface area contributed by atoms with Crippen LogP contribution in [0.3, 0.4) is 0 Å². The van der Waals surface area contributed by atoms with Crippen LogP contribution in [0.2, 0.25) is 0 Å². The van der Waals surface area contributed by atoms with Gasteiger partial charge in [0.15, 0.2) is 11.5 Å². The molecule has 0 fully saturated rings. The highest BCUT2D eigenvalue weighted by atomic mass is 79.9. The van der Waals surface area contributed by atoms with E-state index in [9.17, 15) is 8.42 Å². The fourth-order valence-corrected chi connectivity index (χ4v) is 5.79. The first-order valence-corrected chi connectivity index (χ1v) is 11.9. The van der Waals surface area contributed by atoms with Crippen molar-refractivity contribution in [3.8, 4) is 11.5 Å². The molecule has 0 radical (unpaired) electrons. The lowest BCUT2D eigenvalue weighted by Gasteiger charge is -2.35. The van der Waals surface area contributed by atoms with E-state index in [1.54, 1.807) is 6.07 Å². The van der Waals surface area contributed by atoms with Crippen molar-refractivity contribution in [1.82, 2.24) is 9.62 Å². The minimum Gasteiger partial charge on any atom is -0.493 e. The summed E-state index contributed by atoms with van der Waals surface area (Å²) >= 11 is 3.34. The van der Waals surface area contributed by atoms with Crippen LogP contribution in [0.5, 0.6) is 11.5 Å². The summed E-state index contributed by atoms with van der Waals surface area (Å²) < 4.78 is 39.6. The molecule has 158 valence electrons. The van der Waals surface area contributed by atoms with Crippen LogP contribution in [-0.2, 0) is 23.0 Å². The van der Waals surface area contributed by atoms with Crippen molar-refractivity contribution < 1.29 is 17.9 Å². The topological polar surface area (TPSA) is 67.9 Å². The van der Waals surface area contributed by atoms with Crippen LogP contribution in [0.1, 0.15) is 24.5 Å². The zero-order valence-electron chi connectivity index (χ0n) is 16.9. The fraction of sp³-hybridized carbons (Fsp3) is 0.429. The normalized spacial score (nSPS) is 15.6. The molecule has 6 nitrogen and oxygen atoms in total. The third kappa shape index (κ3) is 4.94. The molecule has 0 amide bonds. The molecule has 1 aliphatic rings.